The van der Waals surface area contributed by atoms with Gasteiger partial charge in [0.05, 0.1) is 42.8 Å². The number of amides is 1. The van der Waals surface area contributed by atoms with E-state index in [-0.39, 0.29) is 17.1 Å². The standard InChI is InChI=1S/C31H34F3N3O6/c1-37(17-18-10-11-18)15-14-29-21-8-5-9-23(29)42-27-24(29)20(16-22(21)37)12-13-30(27,39)35-28(38)26(43-31(32,33)34)25(36(40)41)19-6-3-2-4-7-19/h2-4,6-7,12-13,18,21-23,27,39H,5,8-11,14-17H2,1H3/p+1/t21-,22+,23-,27?,29+,30?,37?/m0/s1. The van der Waals surface area contributed by atoms with Gasteiger partial charge < -0.3 is 24.4 Å². The summed E-state index contributed by atoms with van der Waals surface area (Å²) in [7, 11) is 2.37. The molecule has 3 unspecified atom stereocenters. The van der Waals surface area contributed by atoms with Crippen LogP contribution in [0.15, 0.2) is 59.4 Å². The van der Waals surface area contributed by atoms with Crippen LogP contribution in [0.1, 0.15) is 50.5 Å². The second-order valence-corrected chi connectivity index (χ2v) is 13.3. The lowest BCUT2D eigenvalue weighted by Gasteiger charge is -2.61. The third kappa shape index (κ3) is 4.52. The Balaban J connectivity index is 1.26. The number of hydrogen-bond acceptors (Lipinski definition) is 6. The van der Waals surface area contributed by atoms with E-state index in [1.54, 1.807) is 6.08 Å². The third-order valence-corrected chi connectivity index (χ3v) is 10.9. The summed E-state index contributed by atoms with van der Waals surface area (Å²) < 4.78 is 52.1. The van der Waals surface area contributed by atoms with Gasteiger partial charge in [0.25, 0.3) is 11.7 Å². The van der Waals surface area contributed by atoms with Crippen molar-refractivity contribution < 1.29 is 42.0 Å². The van der Waals surface area contributed by atoms with Crippen molar-refractivity contribution in [1.29, 1.82) is 0 Å². The zero-order valence-corrected chi connectivity index (χ0v) is 23.8. The molecule has 2 bridgehead atoms. The molecular formula is C31H35F3N3O6+. The Bertz CT molecular complexity index is 1460. The van der Waals surface area contributed by atoms with Crippen LogP contribution in [0.4, 0.5) is 13.2 Å². The first-order valence-corrected chi connectivity index (χ1v) is 15.0. The van der Waals surface area contributed by atoms with Crippen LogP contribution < -0.4 is 5.32 Å². The Hall–Kier alpha value is -3.22. The minimum Gasteiger partial charge on any atom is -0.392 e. The van der Waals surface area contributed by atoms with Crippen molar-refractivity contribution in [2.75, 3.05) is 20.1 Å². The van der Waals surface area contributed by atoms with Crippen molar-refractivity contribution in [3.8, 4) is 0 Å². The lowest BCUT2D eigenvalue weighted by Crippen LogP contribution is -2.69. The number of nitro groups is 1. The fourth-order valence-electron chi connectivity index (χ4n) is 9.03. The molecule has 2 N–H and O–H groups in total. The number of alkyl halides is 3. The molecule has 6 aliphatic rings. The monoisotopic (exact) mass is 602 g/mol. The molecule has 7 rings (SSSR count). The molecule has 1 aromatic carbocycles. The van der Waals surface area contributed by atoms with Crippen LogP contribution in [-0.4, -0.2) is 70.9 Å². The van der Waals surface area contributed by atoms with Gasteiger partial charge in [0.15, 0.2) is 5.72 Å². The maximum Gasteiger partial charge on any atom is 0.573 e. The van der Waals surface area contributed by atoms with Gasteiger partial charge in [0.1, 0.15) is 6.10 Å². The number of nitrogens with zero attached hydrogens (tertiary/aromatic N) is 2. The Morgan fingerprint density at radius 1 is 1.23 bits per heavy atom. The van der Waals surface area contributed by atoms with E-state index in [2.05, 4.69) is 17.1 Å². The molecule has 9 nitrogen and oxygen atoms in total. The number of benzene rings is 1. The second-order valence-electron chi connectivity index (χ2n) is 13.3. The van der Waals surface area contributed by atoms with E-state index in [9.17, 15) is 33.2 Å². The van der Waals surface area contributed by atoms with Crippen molar-refractivity contribution in [2.24, 2.45) is 17.3 Å². The minimum absolute atomic E-state index is 0.192. The van der Waals surface area contributed by atoms with Crippen molar-refractivity contribution >= 4 is 11.6 Å². The van der Waals surface area contributed by atoms with E-state index in [0.29, 0.717) is 12.0 Å². The van der Waals surface area contributed by atoms with Crippen molar-refractivity contribution in [3.63, 3.8) is 0 Å². The first kappa shape index (κ1) is 28.5. The molecule has 4 aliphatic carbocycles. The first-order valence-electron chi connectivity index (χ1n) is 15.0. The fourth-order valence-corrected chi connectivity index (χ4v) is 9.03. The number of nitrogens with one attached hydrogen (secondary N) is 1. The number of allylic oxidation sites excluding steroid dienone is 1. The zero-order chi connectivity index (χ0) is 30.4. The summed E-state index contributed by atoms with van der Waals surface area (Å²) in [4.78, 5) is 24.4. The smallest absolute Gasteiger partial charge is 0.392 e. The average molecular weight is 603 g/mol. The number of hydrogen-bond donors (Lipinski definition) is 2. The fraction of sp³-hybridized carbons (Fsp3) is 0.581. The SMILES string of the molecule is C[N+]1(CC2CC2)CC[C@]23C4=C5C=CC(O)(NC(=O)C(OC(F)(F)F)=C(c6ccccc6)[N+](=O)[O-])C4O[C@H]2CCC[C@H]3[C@H]1C5. The molecule has 0 radical (unpaired) electrons. The van der Waals surface area contributed by atoms with E-state index in [1.807, 2.05) is 0 Å². The molecule has 1 aromatic rings. The van der Waals surface area contributed by atoms with Crippen LogP contribution in [0.25, 0.3) is 5.70 Å². The molecule has 2 saturated heterocycles. The predicted molar refractivity (Wildman–Crippen MR) is 147 cm³/mol. The highest BCUT2D eigenvalue weighted by atomic mass is 19.4. The minimum atomic E-state index is -5.40. The van der Waals surface area contributed by atoms with Crippen molar-refractivity contribution in [1.82, 2.24) is 5.32 Å². The normalized spacial score (nSPS) is 38.3. The summed E-state index contributed by atoms with van der Waals surface area (Å²) in [5, 5.41) is 26.2. The van der Waals surface area contributed by atoms with Gasteiger partial charge >= 0.3 is 12.1 Å². The largest absolute Gasteiger partial charge is 0.573 e. The Kier molecular flexibility index (Phi) is 6.40. The maximum atomic E-state index is 13.5. The Morgan fingerprint density at radius 2 is 1.98 bits per heavy atom. The van der Waals surface area contributed by atoms with Crippen LogP contribution in [0.3, 0.4) is 0 Å². The second kappa shape index (κ2) is 9.64. The van der Waals surface area contributed by atoms with E-state index >= 15 is 0 Å². The molecular weight excluding hydrogens is 567 g/mol. The highest BCUT2D eigenvalue weighted by Gasteiger charge is 2.71. The molecule has 0 aromatic heterocycles. The van der Waals surface area contributed by atoms with Crippen LogP contribution in [0.5, 0.6) is 0 Å². The number of halogens is 3. The number of carbonyl (C=O) groups excluding carboxylic acids is 1. The molecule has 12 heteroatoms. The van der Waals surface area contributed by atoms with Gasteiger partial charge in [0, 0.05) is 30.1 Å². The Labute approximate surface area is 246 Å². The average Bonchev–Trinajstić information content (AvgIpc) is 3.68. The van der Waals surface area contributed by atoms with Crippen LogP contribution >= 0.6 is 0 Å². The van der Waals surface area contributed by atoms with E-state index in [0.717, 1.165) is 66.7 Å². The number of aliphatic hydroxyl groups is 1. The summed E-state index contributed by atoms with van der Waals surface area (Å²) in [6, 6.07) is 7.14. The number of quaternary nitrogens is 1. The highest BCUT2D eigenvalue weighted by Crippen LogP contribution is 2.67. The van der Waals surface area contributed by atoms with Gasteiger partial charge in [-0.1, -0.05) is 30.7 Å². The molecule has 43 heavy (non-hydrogen) atoms. The zero-order valence-electron chi connectivity index (χ0n) is 23.8. The van der Waals surface area contributed by atoms with Crippen LogP contribution in [-0.2, 0) is 14.3 Å². The lowest BCUT2D eigenvalue weighted by molar-refractivity contribution is -0.947. The summed E-state index contributed by atoms with van der Waals surface area (Å²) in [6.45, 7) is 2.14. The maximum absolute atomic E-state index is 13.5. The molecule has 1 amide bonds. The first-order chi connectivity index (χ1) is 20.3. The van der Waals surface area contributed by atoms with Gasteiger partial charge in [-0.3, -0.25) is 14.9 Å². The Morgan fingerprint density at radius 3 is 2.65 bits per heavy atom. The molecule has 2 saturated carbocycles. The quantitative estimate of drug-likeness (QED) is 0.119. The van der Waals surface area contributed by atoms with Gasteiger partial charge in [0.2, 0.25) is 0 Å². The van der Waals surface area contributed by atoms with Crippen LogP contribution in [0.2, 0.25) is 0 Å². The predicted octanol–water partition coefficient (Wildman–Crippen LogP) is 4.43. The molecule has 2 heterocycles. The molecule has 4 fully saturated rings. The summed E-state index contributed by atoms with van der Waals surface area (Å²) in [5.74, 6) is -2.03. The van der Waals surface area contributed by atoms with Crippen molar-refractivity contribution in [3.05, 3.63) is 75.1 Å². The van der Waals surface area contributed by atoms with Gasteiger partial charge in [-0.15, -0.1) is 13.2 Å². The molecule has 230 valence electrons. The summed E-state index contributed by atoms with van der Waals surface area (Å²) >= 11 is 0. The van der Waals surface area contributed by atoms with E-state index < -0.39 is 40.5 Å². The number of piperidine rings is 1. The number of likely N-dealkylation sites (tertiary alicyclic amines) is 1. The van der Waals surface area contributed by atoms with Crippen molar-refractivity contribution in [2.45, 2.75) is 75.3 Å². The highest BCUT2D eigenvalue weighted by molar-refractivity contribution is 5.98. The van der Waals surface area contributed by atoms with Gasteiger partial charge in [-0.25, -0.2) is 0 Å². The number of rotatable bonds is 7. The summed E-state index contributed by atoms with van der Waals surface area (Å²) in [6.07, 6.45) is 3.53. The topological polar surface area (TPSA) is 111 Å². The van der Waals surface area contributed by atoms with Gasteiger partial charge in [-0.2, -0.15) is 0 Å². The summed E-state index contributed by atoms with van der Waals surface area (Å²) in [5.41, 5.74) is -1.98. The third-order valence-electron chi connectivity index (χ3n) is 10.9. The van der Waals surface area contributed by atoms with Gasteiger partial charge in [-0.05, 0) is 55.0 Å². The molecule has 1 spiro atoms. The van der Waals surface area contributed by atoms with E-state index in [4.69, 9.17) is 4.74 Å². The number of ether oxygens (including phenoxy) is 2. The number of carbonyl (C=O) groups is 1. The van der Waals surface area contributed by atoms with E-state index in [1.165, 1.54) is 49.2 Å². The lowest BCUT2D eigenvalue weighted by atomic mass is 9.50. The molecule has 2 aliphatic heterocycles. The van der Waals surface area contributed by atoms with Crippen LogP contribution in [0, 0.1) is 27.4 Å². The molecule has 7 atom stereocenters.